The molecule has 1 heterocycles. The van der Waals surface area contributed by atoms with Gasteiger partial charge in [-0.25, -0.2) is 9.98 Å². The fraction of sp³-hybridized carbons (Fsp3) is 0.238. The molecule has 0 aliphatic carbocycles. The lowest BCUT2D eigenvalue weighted by molar-refractivity contribution is 0.355. The van der Waals surface area contributed by atoms with E-state index in [1.807, 2.05) is 43.3 Å². The Morgan fingerprint density at radius 2 is 1.86 bits per heavy atom. The number of hydrogen-bond acceptors (Lipinski definition) is 5. The van der Waals surface area contributed by atoms with Gasteiger partial charge in [0.2, 0.25) is 0 Å². The molecule has 0 amide bonds. The molecular formula is C21H24N4O2S. The molecule has 146 valence electrons. The summed E-state index contributed by atoms with van der Waals surface area (Å²) >= 11 is 1.61. The van der Waals surface area contributed by atoms with Gasteiger partial charge in [0.1, 0.15) is 5.01 Å². The number of anilines is 1. The van der Waals surface area contributed by atoms with Crippen LogP contribution in [0.1, 0.15) is 11.9 Å². The van der Waals surface area contributed by atoms with Crippen LogP contribution in [0.25, 0.3) is 11.3 Å². The molecule has 0 unspecified atom stereocenters. The number of guanidine groups is 1. The maximum Gasteiger partial charge on any atom is 0.196 e. The van der Waals surface area contributed by atoms with E-state index in [-0.39, 0.29) is 0 Å². The van der Waals surface area contributed by atoms with Gasteiger partial charge in [0.15, 0.2) is 17.5 Å². The van der Waals surface area contributed by atoms with Crippen molar-refractivity contribution in [1.82, 2.24) is 10.3 Å². The predicted octanol–water partition coefficient (Wildman–Crippen LogP) is 4.40. The van der Waals surface area contributed by atoms with Gasteiger partial charge in [0.05, 0.1) is 26.5 Å². The van der Waals surface area contributed by atoms with Crippen molar-refractivity contribution in [3.05, 3.63) is 58.9 Å². The first-order valence-corrected chi connectivity index (χ1v) is 9.88. The number of thiazole rings is 1. The highest BCUT2D eigenvalue weighted by atomic mass is 32.1. The third kappa shape index (κ3) is 5.01. The largest absolute Gasteiger partial charge is 0.493 e. The minimum absolute atomic E-state index is 0.500. The molecule has 0 aliphatic rings. The number of ether oxygens (including phenoxy) is 2. The van der Waals surface area contributed by atoms with Gasteiger partial charge >= 0.3 is 0 Å². The summed E-state index contributed by atoms with van der Waals surface area (Å²) in [6, 6.07) is 15.8. The Morgan fingerprint density at radius 3 is 2.57 bits per heavy atom. The smallest absolute Gasteiger partial charge is 0.196 e. The van der Waals surface area contributed by atoms with Crippen LogP contribution < -0.4 is 20.1 Å². The zero-order chi connectivity index (χ0) is 19.8. The minimum atomic E-state index is 0.500. The summed E-state index contributed by atoms with van der Waals surface area (Å²) in [7, 11) is 3.24. The van der Waals surface area contributed by atoms with Crippen LogP contribution in [0.4, 0.5) is 5.69 Å². The van der Waals surface area contributed by atoms with Crippen molar-refractivity contribution in [1.29, 1.82) is 0 Å². The highest BCUT2D eigenvalue weighted by molar-refractivity contribution is 7.09. The molecular weight excluding hydrogens is 372 g/mol. The van der Waals surface area contributed by atoms with Crippen LogP contribution in [0.3, 0.4) is 0 Å². The Balaban J connectivity index is 1.72. The van der Waals surface area contributed by atoms with Crippen molar-refractivity contribution >= 4 is 23.0 Å². The Bertz CT molecular complexity index is 925. The lowest BCUT2D eigenvalue weighted by atomic mass is 10.2. The molecule has 0 radical (unpaired) electrons. The summed E-state index contributed by atoms with van der Waals surface area (Å²) in [5, 5.41) is 9.57. The molecule has 0 spiro atoms. The van der Waals surface area contributed by atoms with Crippen LogP contribution in [0.5, 0.6) is 11.5 Å². The van der Waals surface area contributed by atoms with E-state index in [1.54, 1.807) is 25.6 Å². The van der Waals surface area contributed by atoms with Crippen molar-refractivity contribution in [2.45, 2.75) is 13.5 Å². The Kier molecular flexibility index (Phi) is 6.86. The van der Waals surface area contributed by atoms with Crippen molar-refractivity contribution in [2.75, 3.05) is 26.1 Å². The SMILES string of the molecule is CCNC(=NCc1nc(-c2ccccc2)cs1)Nc1ccc(OC)c(OC)c1. The van der Waals surface area contributed by atoms with Gasteiger partial charge in [-0.1, -0.05) is 30.3 Å². The molecule has 28 heavy (non-hydrogen) atoms. The summed E-state index contributed by atoms with van der Waals surface area (Å²) in [5.41, 5.74) is 2.96. The Labute approximate surface area is 169 Å². The van der Waals surface area contributed by atoms with Crippen LogP contribution in [-0.2, 0) is 6.54 Å². The van der Waals surface area contributed by atoms with Gasteiger partial charge in [-0.15, -0.1) is 11.3 Å². The lowest BCUT2D eigenvalue weighted by Crippen LogP contribution is -2.30. The molecule has 7 heteroatoms. The van der Waals surface area contributed by atoms with Crippen molar-refractivity contribution in [3.63, 3.8) is 0 Å². The first-order chi connectivity index (χ1) is 13.7. The fourth-order valence-corrected chi connectivity index (χ4v) is 3.36. The highest BCUT2D eigenvalue weighted by Gasteiger charge is 2.07. The minimum Gasteiger partial charge on any atom is -0.493 e. The summed E-state index contributed by atoms with van der Waals surface area (Å²) in [6.07, 6.45) is 0. The zero-order valence-corrected chi connectivity index (χ0v) is 17.0. The monoisotopic (exact) mass is 396 g/mol. The maximum atomic E-state index is 5.36. The molecule has 3 rings (SSSR count). The topological polar surface area (TPSA) is 67.8 Å². The first kappa shape index (κ1) is 19.7. The zero-order valence-electron chi connectivity index (χ0n) is 16.2. The molecule has 0 saturated carbocycles. The first-order valence-electron chi connectivity index (χ1n) is 9.00. The molecule has 3 aromatic rings. The molecule has 2 N–H and O–H groups in total. The number of nitrogens with one attached hydrogen (secondary N) is 2. The van der Waals surface area contributed by atoms with Gasteiger partial charge in [0, 0.05) is 29.2 Å². The van der Waals surface area contributed by atoms with Crippen LogP contribution in [0, 0.1) is 0 Å². The molecule has 0 bridgehead atoms. The second-order valence-electron chi connectivity index (χ2n) is 5.88. The van der Waals surface area contributed by atoms with Crippen LogP contribution in [-0.4, -0.2) is 31.7 Å². The van der Waals surface area contributed by atoms with Crippen molar-refractivity contribution < 1.29 is 9.47 Å². The molecule has 0 fully saturated rings. The van der Waals surface area contributed by atoms with Crippen molar-refractivity contribution in [2.24, 2.45) is 4.99 Å². The standard InChI is InChI=1S/C21H24N4O2S/c1-4-22-21(24-16-10-11-18(26-2)19(12-16)27-3)23-13-20-25-17(14-28-20)15-8-6-5-7-9-15/h5-12,14H,4,13H2,1-3H3,(H2,22,23,24). The van der Waals surface area contributed by atoms with E-state index >= 15 is 0 Å². The van der Waals surface area contributed by atoms with Gasteiger partial charge in [-0.05, 0) is 19.1 Å². The summed E-state index contributed by atoms with van der Waals surface area (Å²) < 4.78 is 10.6. The molecule has 0 aliphatic heterocycles. The van der Waals surface area contributed by atoms with Crippen LogP contribution in [0.2, 0.25) is 0 Å². The molecule has 6 nitrogen and oxygen atoms in total. The van der Waals surface area contributed by atoms with Gasteiger partial charge in [-0.2, -0.15) is 0 Å². The summed E-state index contributed by atoms with van der Waals surface area (Å²) in [6.45, 7) is 3.29. The molecule has 1 aromatic heterocycles. The van der Waals surface area contributed by atoms with E-state index < -0.39 is 0 Å². The number of methoxy groups -OCH3 is 2. The normalized spacial score (nSPS) is 11.2. The van der Waals surface area contributed by atoms with E-state index in [1.165, 1.54) is 0 Å². The number of rotatable bonds is 7. The number of aliphatic imine (C=N–C) groups is 1. The lowest BCUT2D eigenvalue weighted by Gasteiger charge is -2.13. The molecule has 0 saturated heterocycles. The second kappa shape index (κ2) is 9.75. The van der Waals surface area contributed by atoms with Gasteiger partial charge in [0.25, 0.3) is 0 Å². The van der Waals surface area contributed by atoms with E-state index in [9.17, 15) is 0 Å². The highest BCUT2D eigenvalue weighted by Crippen LogP contribution is 2.29. The maximum absolute atomic E-state index is 5.36. The average Bonchev–Trinajstić information content (AvgIpc) is 3.22. The fourth-order valence-electron chi connectivity index (χ4n) is 2.63. The van der Waals surface area contributed by atoms with Gasteiger partial charge in [-0.3, -0.25) is 0 Å². The molecule has 2 aromatic carbocycles. The quantitative estimate of drug-likeness (QED) is 0.457. The van der Waals surface area contributed by atoms with E-state index in [0.717, 1.165) is 28.5 Å². The molecule has 0 atom stereocenters. The van der Waals surface area contributed by atoms with Crippen LogP contribution in [0.15, 0.2) is 58.9 Å². The van der Waals surface area contributed by atoms with E-state index in [2.05, 4.69) is 38.1 Å². The Hall–Kier alpha value is -3.06. The third-order valence-electron chi connectivity index (χ3n) is 3.98. The average molecular weight is 397 g/mol. The number of hydrogen-bond donors (Lipinski definition) is 2. The number of benzene rings is 2. The predicted molar refractivity (Wildman–Crippen MR) is 116 cm³/mol. The second-order valence-corrected chi connectivity index (χ2v) is 6.83. The van der Waals surface area contributed by atoms with Gasteiger partial charge < -0.3 is 20.1 Å². The number of nitrogens with zero attached hydrogens (tertiary/aromatic N) is 2. The van der Waals surface area contributed by atoms with E-state index in [4.69, 9.17) is 9.47 Å². The summed E-state index contributed by atoms with van der Waals surface area (Å²) in [5.74, 6) is 2.04. The van der Waals surface area contributed by atoms with Crippen molar-refractivity contribution in [3.8, 4) is 22.8 Å². The third-order valence-corrected chi connectivity index (χ3v) is 4.82. The summed E-state index contributed by atoms with van der Waals surface area (Å²) in [4.78, 5) is 9.34. The van der Waals surface area contributed by atoms with E-state index in [0.29, 0.717) is 24.0 Å². The Morgan fingerprint density at radius 1 is 1.07 bits per heavy atom. The number of aromatic nitrogens is 1. The van der Waals surface area contributed by atoms with Crippen LogP contribution >= 0.6 is 11.3 Å².